The molecule has 1 aromatic rings. The van der Waals surface area contributed by atoms with Crippen molar-refractivity contribution in [2.24, 2.45) is 0 Å². The first kappa shape index (κ1) is 13.5. The number of benzene rings is 1. The molecule has 5 heteroatoms. The quantitative estimate of drug-likeness (QED) is 0.797. The molecule has 0 saturated heterocycles. The number of aryl methyl sites for hydroxylation is 1. The molecule has 0 heterocycles. The average molecular weight is 262 g/mol. The second kappa shape index (κ2) is 6.23. The van der Waals surface area contributed by atoms with Crippen LogP contribution in [-0.4, -0.2) is 20.1 Å². The van der Waals surface area contributed by atoms with Crippen molar-refractivity contribution >= 4 is 21.6 Å². The van der Waals surface area contributed by atoms with Crippen molar-refractivity contribution in [3.05, 3.63) is 35.4 Å². The molecular weight excluding hydrogens is 246 g/mol. The number of alkyl halides is 1. The number of rotatable bonds is 6. The SMILES string of the molecule is Cc1ccccc1CNS(=O)(=O)CCCCl. The standard InChI is InChI=1S/C11H16ClNO2S/c1-10-5-2-3-6-11(10)9-13-16(14,15)8-4-7-12/h2-3,5-6,13H,4,7-9H2,1H3. The Hall–Kier alpha value is -0.580. The summed E-state index contributed by atoms with van der Waals surface area (Å²) in [4.78, 5) is 0. The van der Waals surface area contributed by atoms with Crippen molar-refractivity contribution in [3.8, 4) is 0 Å². The van der Waals surface area contributed by atoms with E-state index in [1.54, 1.807) is 0 Å². The summed E-state index contributed by atoms with van der Waals surface area (Å²) in [5.41, 5.74) is 2.08. The van der Waals surface area contributed by atoms with Crippen molar-refractivity contribution in [1.82, 2.24) is 4.72 Å². The van der Waals surface area contributed by atoms with Crippen LogP contribution in [0.5, 0.6) is 0 Å². The average Bonchev–Trinajstić information content (AvgIpc) is 2.26. The summed E-state index contributed by atoms with van der Waals surface area (Å²) in [5.74, 6) is 0.452. The predicted molar refractivity (Wildman–Crippen MR) is 67.1 cm³/mol. The predicted octanol–water partition coefficient (Wildman–Crippen LogP) is 2.04. The van der Waals surface area contributed by atoms with Gasteiger partial charge in [-0.3, -0.25) is 0 Å². The van der Waals surface area contributed by atoms with Crippen LogP contribution in [0.1, 0.15) is 17.5 Å². The maximum atomic E-state index is 11.5. The lowest BCUT2D eigenvalue weighted by Gasteiger charge is -2.08. The molecule has 0 fully saturated rings. The highest BCUT2D eigenvalue weighted by Crippen LogP contribution is 2.06. The van der Waals surface area contributed by atoms with E-state index in [-0.39, 0.29) is 5.75 Å². The van der Waals surface area contributed by atoms with Gasteiger partial charge in [0.25, 0.3) is 0 Å². The van der Waals surface area contributed by atoms with Gasteiger partial charge in [-0.25, -0.2) is 13.1 Å². The van der Waals surface area contributed by atoms with Crippen LogP contribution in [0.15, 0.2) is 24.3 Å². The third-order valence-electron chi connectivity index (χ3n) is 2.29. The lowest BCUT2D eigenvalue weighted by molar-refractivity contribution is 0.580. The molecule has 1 rings (SSSR count). The third kappa shape index (κ3) is 4.51. The van der Waals surface area contributed by atoms with E-state index < -0.39 is 10.0 Å². The van der Waals surface area contributed by atoms with Crippen LogP contribution in [0.25, 0.3) is 0 Å². The zero-order chi connectivity index (χ0) is 12.0. The molecule has 1 aromatic carbocycles. The molecule has 16 heavy (non-hydrogen) atoms. The Balaban J connectivity index is 2.55. The minimum Gasteiger partial charge on any atom is -0.212 e. The van der Waals surface area contributed by atoms with Gasteiger partial charge in [-0.2, -0.15) is 0 Å². The highest BCUT2D eigenvalue weighted by molar-refractivity contribution is 7.89. The zero-order valence-electron chi connectivity index (χ0n) is 9.24. The second-order valence-corrected chi connectivity index (χ2v) is 5.91. The molecule has 0 aromatic heterocycles. The summed E-state index contributed by atoms with van der Waals surface area (Å²) in [6, 6.07) is 7.71. The Morgan fingerprint density at radius 2 is 2.00 bits per heavy atom. The number of hydrogen-bond acceptors (Lipinski definition) is 2. The fraction of sp³-hybridized carbons (Fsp3) is 0.455. The van der Waals surface area contributed by atoms with Gasteiger partial charge in [0.15, 0.2) is 0 Å². The van der Waals surface area contributed by atoms with E-state index in [4.69, 9.17) is 11.6 Å². The number of hydrogen-bond donors (Lipinski definition) is 1. The minimum absolute atomic E-state index is 0.0857. The van der Waals surface area contributed by atoms with Crippen LogP contribution < -0.4 is 4.72 Å². The summed E-state index contributed by atoms with van der Waals surface area (Å²) in [6.07, 6.45) is 0.477. The number of nitrogens with one attached hydrogen (secondary N) is 1. The minimum atomic E-state index is -3.19. The molecule has 3 nitrogen and oxygen atoms in total. The van der Waals surface area contributed by atoms with Crippen molar-refractivity contribution in [2.45, 2.75) is 19.9 Å². The van der Waals surface area contributed by atoms with Gasteiger partial charge in [-0.15, -0.1) is 11.6 Å². The maximum Gasteiger partial charge on any atom is 0.211 e. The van der Waals surface area contributed by atoms with E-state index in [9.17, 15) is 8.42 Å². The molecular formula is C11H16ClNO2S. The number of sulfonamides is 1. The van der Waals surface area contributed by atoms with E-state index in [2.05, 4.69) is 4.72 Å². The molecule has 0 aliphatic heterocycles. The van der Waals surface area contributed by atoms with E-state index in [0.29, 0.717) is 18.8 Å². The molecule has 0 aliphatic carbocycles. The molecule has 90 valence electrons. The summed E-state index contributed by atoms with van der Waals surface area (Å²) in [6.45, 7) is 2.31. The van der Waals surface area contributed by atoms with Crippen molar-refractivity contribution < 1.29 is 8.42 Å². The molecule has 0 bridgehead atoms. The Morgan fingerprint density at radius 3 is 2.62 bits per heavy atom. The lowest BCUT2D eigenvalue weighted by Crippen LogP contribution is -2.26. The zero-order valence-corrected chi connectivity index (χ0v) is 10.8. The fourth-order valence-corrected chi connectivity index (χ4v) is 2.65. The van der Waals surface area contributed by atoms with Crippen molar-refractivity contribution in [2.75, 3.05) is 11.6 Å². The lowest BCUT2D eigenvalue weighted by atomic mass is 10.1. The van der Waals surface area contributed by atoms with Crippen molar-refractivity contribution in [1.29, 1.82) is 0 Å². The highest BCUT2D eigenvalue weighted by atomic mass is 35.5. The van der Waals surface area contributed by atoms with Gasteiger partial charge < -0.3 is 0 Å². The monoisotopic (exact) mass is 261 g/mol. The fourth-order valence-electron chi connectivity index (χ4n) is 1.31. The van der Waals surface area contributed by atoms with Crippen molar-refractivity contribution in [3.63, 3.8) is 0 Å². The number of halogens is 1. The van der Waals surface area contributed by atoms with E-state index in [1.807, 2.05) is 31.2 Å². The first-order valence-electron chi connectivity index (χ1n) is 5.13. The largest absolute Gasteiger partial charge is 0.212 e. The van der Waals surface area contributed by atoms with Gasteiger partial charge in [0.1, 0.15) is 0 Å². The first-order valence-corrected chi connectivity index (χ1v) is 7.31. The van der Waals surface area contributed by atoms with Crippen LogP contribution in [0.3, 0.4) is 0 Å². The van der Waals surface area contributed by atoms with Gasteiger partial charge in [0, 0.05) is 12.4 Å². The molecule has 0 aliphatic rings. The Labute approximate surface area is 102 Å². The molecule has 0 unspecified atom stereocenters. The molecule has 0 atom stereocenters. The highest BCUT2D eigenvalue weighted by Gasteiger charge is 2.09. The van der Waals surface area contributed by atoms with Gasteiger partial charge in [0.2, 0.25) is 10.0 Å². The summed E-state index contributed by atoms with van der Waals surface area (Å²) >= 11 is 5.46. The van der Waals surface area contributed by atoms with Crippen LogP contribution in [0, 0.1) is 6.92 Å². The second-order valence-electron chi connectivity index (χ2n) is 3.61. The Kier molecular flexibility index (Phi) is 5.25. The van der Waals surface area contributed by atoms with Crippen LogP contribution in [0.4, 0.5) is 0 Å². The normalized spacial score (nSPS) is 11.6. The van der Waals surface area contributed by atoms with Gasteiger partial charge in [-0.1, -0.05) is 24.3 Å². The Morgan fingerprint density at radius 1 is 1.31 bits per heavy atom. The molecule has 0 saturated carbocycles. The van der Waals surface area contributed by atoms with E-state index in [0.717, 1.165) is 11.1 Å². The van der Waals surface area contributed by atoms with Gasteiger partial charge in [0.05, 0.1) is 5.75 Å². The molecule has 0 amide bonds. The topological polar surface area (TPSA) is 46.2 Å². The van der Waals surface area contributed by atoms with Crippen LogP contribution in [0.2, 0.25) is 0 Å². The Bertz CT molecular complexity index is 431. The molecule has 1 N–H and O–H groups in total. The summed E-state index contributed by atoms with van der Waals surface area (Å²) < 4.78 is 25.6. The van der Waals surface area contributed by atoms with Gasteiger partial charge in [-0.05, 0) is 24.5 Å². The third-order valence-corrected chi connectivity index (χ3v) is 3.97. The van der Waals surface area contributed by atoms with Crippen LogP contribution in [-0.2, 0) is 16.6 Å². The maximum absolute atomic E-state index is 11.5. The smallest absolute Gasteiger partial charge is 0.211 e. The van der Waals surface area contributed by atoms with E-state index in [1.165, 1.54) is 0 Å². The molecule has 0 radical (unpaired) electrons. The van der Waals surface area contributed by atoms with Crippen LogP contribution >= 0.6 is 11.6 Å². The summed E-state index contributed by atoms with van der Waals surface area (Å²) in [7, 11) is -3.19. The first-order chi connectivity index (χ1) is 7.55. The summed E-state index contributed by atoms with van der Waals surface area (Å²) in [5, 5.41) is 0. The van der Waals surface area contributed by atoms with E-state index >= 15 is 0 Å². The molecule has 0 spiro atoms. The van der Waals surface area contributed by atoms with Gasteiger partial charge >= 0.3 is 0 Å².